The number of benzene rings is 1. The molecular weight excluding hydrogens is 242 g/mol. The van der Waals surface area contributed by atoms with Gasteiger partial charge in [-0.3, -0.25) is 4.99 Å². The van der Waals surface area contributed by atoms with Crippen LogP contribution < -0.4 is 10.6 Å². The fourth-order valence-electron chi connectivity index (χ4n) is 2.09. The smallest absolute Gasteiger partial charge is 0.191 e. The molecule has 0 unspecified atom stereocenters. The van der Waals surface area contributed by atoms with Gasteiger partial charge in [0.15, 0.2) is 5.96 Å². The molecule has 0 saturated heterocycles. The minimum atomic E-state index is 0.392. The molecule has 1 aliphatic carbocycles. The van der Waals surface area contributed by atoms with Gasteiger partial charge in [0.25, 0.3) is 0 Å². The molecule has 2 aliphatic rings. The van der Waals surface area contributed by atoms with Gasteiger partial charge in [0, 0.05) is 29.3 Å². The van der Waals surface area contributed by atoms with Crippen molar-refractivity contribution < 1.29 is 0 Å². The van der Waals surface area contributed by atoms with Gasteiger partial charge in [0.05, 0.1) is 0 Å². The lowest BCUT2D eigenvalue weighted by Crippen LogP contribution is -2.43. The second-order valence-corrected chi connectivity index (χ2v) is 6.50. The Morgan fingerprint density at radius 1 is 1.28 bits per heavy atom. The Morgan fingerprint density at radius 2 is 2.11 bits per heavy atom. The summed E-state index contributed by atoms with van der Waals surface area (Å²) in [6.07, 6.45) is 3.74. The minimum Gasteiger partial charge on any atom is -0.356 e. The zero-order valence-electron chi connectivity index (χ0n) is 10.5. The second-order valence-electron chi connectivity index (χ2n) is 4.96. The van der Waals surface area contributed by atoms with Crippen LogP contribution in [0.5, 0.6) is 0 Å². The largest absolute Gasteiger partial charge is 0.356 e. The molecule has 1 fully saturated rings. The number of nitrogens with zero attached hydrogens (tertiary/aromatic N) is 1. The molecule has 1 aromatic carbocycles. The molecule has 3 nitrogen and oxygen atoms in total. The van der Waals surface area contributed by atoms with Crippen molar-refractivity contribution in [2.24, 2.45) is 4.99 Å². The minimum absolute atomic E-state index is 0.392. The maximum absolute atomic E-state index is 4.45. The van der Waals surface area contributed by atoms with E-state index in [1.807, 2.05) is 11.8 Å². The topological polar surface area (TPSA) is 36.4 Å². The summed E-state index contributed by atoms with van der Waals surface area (Å²) in [5.41, 5.74) is 0. The van der Waals surface area contributed by atoms with E-state index >= 15 is 0 Å². The molecule has 0 bridgehead atoms. The fraction of sp³-hybridized carbons (Fsp3) is 0.500. The molecule has 1 heterocycles. The van der Waals surface area contributed by atoms with Crippen LogP contribution in [0.4, 0.5) is 0 Å². The molecule has 1 aromatic rings. The zero-order valence-corrected chi connectivity index (χ0v) is 11.3. The van der Waals surface area contributed by atoms with Gasteiger partial charge in [-0.05, 0) is 31.4 Å². The number of hydrogen-bond acceptors (Lipinski definition) is 4. The van der Waals surface area contributed by atoms with Crippen LogP contribution in [0.3, 0.4) is 0 Å². The highest BCUT2D eigenvalue weighted by molar-refractivity contribution is 8.01. The van der Waals surface area contributed by atoms with Crippen molar-refractivity contribution in [1.82, 2.24) is 10.6 Å². The first kappa shape index (κ1) is 11.9. The average Bonchev–Trinajstić information content (AvgIpc) is 3.19. The number of hydrogen-bond donors (Lipinski definition) is 2. The Bertz CT molecular complexity index is 426. The van der Waals surface area contributed by atoms with E-state index < -0.39 is 0 Å². The van der Waals surface area contributed by atoms with E-state index in [9.17, 15) is 0 Å². The molecule has 0 atom stereocenters. The lowest BCUT2D eigenvalue weighted by molar-refractivity contribution is 0.692. The Kier molecular flexibility index (Phi) is 3.46. The highest BCUT2D eigenvalue weighted by Crippen LogP contribution is 2.51. The average molecular weight is 261 g/mol. The normalized spacial score (nSPS) is 20.8. The lowest BCUT2D eigenvalue weighted by Gasteiger charge is -2.20. The van der Waals surface area contributed by atoms with Crippen molar-refractivity contribution in [2.45, 2.75) is 28.9 Å². The van der Waals surface area contributed by atoms with Gasteiger partial charge in [0.2, 0.25) is 0 Å². The third kappa shape index (κ3) is 2.99. The molecule has 4 heteroatoms. The predicted molar refractivity (Wildman–Crippen MR) is 77.2 cm³/mol. The van der Waals surface area contributed by atoms with Crippen molar-refractivity contribution in [3.05, 3.63) is 30.3 Å². The summed E-state index contributed by atoms with van der Waals surface area (Å²) in [6, 6.07) is 10.7. The van der Waals surface area contributed by atoms with Crippen LogP contribution in [0.1, 0.15) is 19.3 Å². The third-order valence-electron chi connectivity index (χ3n) is 3.36. The number of aliphatic imine (C=N–C) groups is 1. The molecule has 1 aliphatic heterocycles. The van der Waals surface area contributed by atoms with E-state index in [-0.39, 0.29) is 0 Å². The van der Waals surface area contributed by atoms with Crippen molar-refractivity contribution in [1.29, 1.82) is 0 Å². The summed E-state index contributed by atoms with van der Waals surface area (Å²) in [4.78, 5) is 5.82. The van der Waals surface area contributed by atoms with Crippen molar-refractivity contribution in [2.75, 3.05) is 19.6 Å². The first-order valence-corrected chi connectivity index (χ1v) is 7.44. The summed E-state index contributed by atoms with van der Waals surface area (Å²) in [5, 5.41) is 6.78. The molecule has 1 saturated carbocycles. The van der Waals surface area contributed by atoms with Gasteiger partial charge in [0.1, 0.15) is 0 Å². The Morgan fingerprint density at radius 3 is 2.78 bits per heavy atom. The van der Waals surface area contributed by atoms with Crippen molar-refractivity contribution in [3.63, 3.8) is 0 Å². The first-order chi connectivity index (χ1) is 8.86. The van der Waals surface area contributed by atoms with E-state index in [0.717, 1.165) is 32.0 Å². The van der Waals surface area contributed by atoms with Crippen molar-refractivity contribution >= 4 is 17.7 Å². The summed E-state index contributed by atoms with van der Waals surface area (Å²) in [7, 11) is 0. The van der Waals surface area contributed by atoms with E-state index in [1.165, 1.54) is 17.7 Å². The van der Waals surface area contributed by atoms with Crippen LogP contribution in [0.25, 0.3) is 0 Å². The van der Waals surface area contributed by atoms with Crippen LogP contribution in [-0.4, -0.2) is 30.3 Å². The van der Waals surface area contributed by atoms with Crippen LogP contribution in [-0.2, 0) is 0 Å². The Hall–Kier alpha value is -1.16. The van der Waals surface area contributed by atoms with Gasteiger partial charge >= 0.3 is 0 Å². The maximum atomic E-state index is 4.45. The maximum Gasteiger partial charge on any atom is 0.191 e. The van der Waals surface area contributed by atoms with Crippen LogP contribution in [0, 0.1) is 0 Å². The molecule has 2 N–H and O–H groups in total. The molecule has 0 aromatic heterocycles. The summed E-state index contributed by atoms with van der Waals surface area (Å²) < 4.78 is 0.392. The van der Waals surface area contributed by atoms with E-state index in [1.54, 1.807) is 0 Å². The number of guanidine groups is 1. The molecule has 0 amide bonds. The van der Waals surface area contributed by atoms with Crippen LogP contribution in [0.2, 0.25) is 0 Å². The number of thioether (sulfide) groups is 1. The highest BCUT2D eigenvalue weighted by Gasteiger charge is 2.43. The molecule has 0 radical (unpaired) electrons. The third-order valence-corrected chi connectivity index (χ3v) is 4.85. The van der Waals surface area contributed by atoms with Gasteiger partial charge < -0.3 is 10.6 Å². The molecule has 18 heavy (non-hydrogen) atoms. The SMILES string of the molecule is c1ccc(SC2(CNC3=NCCCN3)CC2)cc1. The monoisotopic (exact) mass is 261 g/mol. The Balaban J connectivity index is 1.54. The fourth-order valence-corrected chi connectivity index (χ4v) is 3.33. The summed E-state index contributed by atoms with van der Waals surface area (Å²) >= 11 is 2.00. The standard InChI is InChI=1S/C14H19N3S/c1-2-5-12(6-3-1)18-14(7-8-14)11-17-13-15-9-4-10-16-13/h1-3,5-6H,4,7-11H2,(H2,15,16,17). The van der Waals surface area contributed by atoms with Crippen LogP contribution in [0.15, 0.2) is 40.2 Å². The summed E-state index contributed by atoms with van der Waals surface area (Å²) in [6.45, 7) is 3.01. The number of nitrogens with one attached hydrogen (secondary N) is 2. The molecular formula is C14H19N3S. The van der Waals surface area contributed by atoms with Gasteiger partial charge in [-0.15, -0.1) is 11.8 Å². The Labute approximate surface area is 112 Å². The quantitative estimate of drug-likeness (QED) is 0.873. The summed E-state index contributed by atoms with van der Waals surface area (Å²) in [5.74, 6) is 0.987. The highest BCUT2D eigenvalue weighted by atomic mass is 32.2. The molecule has 3 rings (SSSR count). The van der Waals surface area contributed by atoms with E-state index in [0.29, 0.717) is 4.75 Å². The van der Waals surface area contributed by atoms with Crippen molar-refractivity contribution in [3.8, 4) is 0 Å². The molecule has 96 valence electrons. The lowest BCUT2D eigenvalue weighted by atomic mass is 10.4. The van der Waals surface area contributed by atoms with Gasteiger partial charge in [-0.25, -0.2) is 0 Å². The van der Waals surface area contributed by atoms with Crippen LogP contribution >= 0.6 is 11.8 Å². The van der Waals surface area contributed by atoms with E-state index in [2.05, 4.69) is 46.0 Å². The van der Waals surface area contributed by atoms with E-state index in [4.69, 9.17) is 0 Å². The predicted octanol–water partition coefficient (Wildman–Crippen LogP) is 2.25. The van der Waals surface area contributed by atoms with Gasteiger partial charge in [-0.2, -0.15) is 0 Å². The zero-order chi connectivity index (χ0) is 12.3. The second kappa shape index (κ2) is 5.22. The number of rotatable bonds is 4. The van der Waals surface area contributed by atoms with Gasteiger partial charge in [-0.1, -0.05) is 18.2 Å². The first-order valence-electron chi connectivity index (χ1n) is 6.63. The molecule has 0 spiro atoms.